The Morgan fingerprint density at radius 1 is 1.10 bits per heavy atom. The van der Waals surface area contributed by atoms with Crippen LogP contribution in [0.25, 0.3) is 21.3 Å². The van der Waals surface area contributed by atoms with Crippen molar-refractivity contribution in [2.45, 2.75) is 75.6 Å². The predicted molar refractivity (Wildman–Crippen MR) is 149 cm³/mol. The third kappa shape index (κ3) is 5.11. The number of halogens is 3. The smallest absolute Gasteiger partial charge is 0.464 e. The van der Waals surface area contributed by atoms with Gasteiger partial charge in [-0.2, -0.15) is 4.37 Å². The lowest BCUT2D eigenvalue weighted by Gasteiger charge is -2.40. The zero-order valence-electron chi connectivity index (χ0n) is 22.7. The molecule has 1 saturated carbocycles. The molecule has 0 amide bonds. The molecular formula is C30H28F3N3O5S. The molecule has 220 valence electrons. The summed E-state index contributed by atoms with van der Waals surface area (Å²) in [5, 5.41) is 4.99. The summed E-state index contributed by atoms with van der Waals surface area (Å²) in [6, 6.07) is 12.7. The van der Waals surface area contributed by atoms with Gasteiger partial charge in [0.1, 0.15) is 17.2 Å². The molecule has 3 fully saturated rings. The molecule has 8 nitrogen and oxygen atoms in total. The van der Waals surface area contributed by atoms with Crippen LogP contribution in [0.1, 0.15) is 66.3 Å². The van der Waals surface area contributed by atoms with E-state index >= 15 is 0 Å². The summed E-state index contributed by atoms with van der Waals surface area (Å²) in [5.41, 5.74) is 2.70. The molecule has 3 aliphatic rings. The molecule has 4 heterocycles. The van der Waals surface area contributed by atoms with Gasteiger partial charge < -0.3 is 23.6 Å². The number of piperidine rings is 1. The summed E-state index contributed by atoms with van der Waals surface area (Å²) in [4.78, 5) is 14.5. The van der Waals surface area contributed by atoms with Crippen molar-refractivity contribution in [3.8, 4) is 17.0 Å². The number of para-hydroxylation sites is 1. The van der Waals surface area contributed by atoms with E-state index in [1.807, 2.05) is 12.1 Å². The van der Waals surface area contributed by atoms with Gasteiger partial charge in [-0.25, -0.2) is 4.79 Å². The third-order valence-corrected chi connectivity index (χ3v) is 9.23. The van der Waals surface area contributed by atoms with Crippen LogP contribution in [0, 0.1) is 0 Å². The Balaban J connectivity index is 1.09. The maximum absolute atomic E-state index is 13.1. The van der Waals surface area contributed by atoms with Gasteiger partial charge in [0.25, 0.3) is 0 Å². The van der Waals surface area contributed by atoms with E-state index in [9.17, 15) is 18.0 Å². The minimum Gasteiger partial charge on any atom is -0.464 e. The van der Waals surface area contributed by atoms with Crippen LogP contribution in [-0.4, -0.2) is 47.2 Å². The summed E-state index contributed by atoms with van der Waals surface area (Å²) in [7, 11) is 1.35. The lowest BCUT2D eigenvalue weighted by Crippen LogP contribution is -2.45. The van der Waals surface area contributed by atoms with Crippen LogP contribution in [0.4, 0.5) is 18.9 Å². The fourth-order valence-corrected chi connectivity index (χ4v) is 7.23. The number of anilines is 1. The number of methoxy groups -OCH3 is 1. The topological polar surface area (TPSA) is 86.9 Å². The Hall–Kier alpha value is -3.64. The second-order valence-corrected chi connectivity index (χ2v) is 11.9. The number of alkyl halides is 3. The Bertz CT molecular complexity index is 1620. The fraction of sp³-hybridized carbons (Fsp3) is 0.433. The first-order valence-corrected chi connectivity index (χ1v) is 14.8. The Morgan fingerprint density at radius 2 is 1.86 bits per heavy atom. The number of esters is 1. The average molecular weight is 600 g/mol. The monoisotopic (exact) mass is 599 g/mol. The lowest BCUT2D eigenvalue weighted by atomic mass is 9.98. The van der Waals surface area contributed by atoms with E-state index in [4.69, 9.17) is 14.0 Å². The zero-order chi connectivity index (χ0) is 29.0. The lowest BCUT2D eigenvalue weighted by molar-refractivity contribution is -0.274. The molecule has 0 spiro atoms. The fourth-order valence-electron chi connectivity index (χ4n) is 6.43. The van der Waals surface area contributed by atoms with Gasteiger partial charge in [-0.1, -0.05) is 17.3 Å². The van der Waals surface area contributed by atoms with Crippen molar-refractivity contribution in [1.82, 2.24) is 9.53 Å². The highest BCUT2D eigenvalue weighted by molar-refractivity contribution is 7.13. The summed E-state index contributed by atoms with van der Waals surface area (Å²) >= 11 is 1.29. The molecule has 2 saturated heterocycles. The van der Waals surface area contributed by atoms with Gasteiger partial charge >= 0.3 is 12.3 Å². The van der Waals surface area contributed by atoms with Crippen molar-refractivity contribution in [2.75, 3.05) is 12.0 Å². The quantitative estimate of drug-likeness (QED) is 0.196. The number of rotatable bonds is 8. The first-order chi connectivity index (χ1) is 20.3. The Kier molecular flexibility index (Phi) is 6.85. The molecule has 2 aromatic carbocycles. The highest BCUT2D eigenvalue weighted by Crippen LogP contribution is 2.47. The number of carbonyl (C=O) groups excluding carboxylic acids is 1. The van der Waals surface area contributed by atoms with Crippen molar-refractivity contribution < 1.29 is 36.7 Å². The average Bonchev–Trinajstić information content (AvgIpc) is 3.49. The molecule has 4 aromatic rings. The molecule has 0 N–H and O–H groups in total. The van der Waals surface area contributed by atoms with Gasteiger partial charge in [0, 0.05) is 40.2 Å². The van der Waals surface area contributed by atoms with Gasteiger partial charge in [0.2, 0.25) is 0 Å². The van der Waals surface area contributed by atoms with Crippen LogP contribution >= 0.6 is 11.5 Å². The highest BCUT2D eigenvalue weighted by atomic mass is 32.1. The summed E-state index contributed by atoms with van der Waals surface area (Å²) < 4.78 is 65.9. The molecule has 2 aromatic heterocycles. The standard InChI is InChI=1S/C30H28F3N3O5S/c1-38-29(37)27-22-11-10-19(14-25(22)42-35-27)36-17-8-9-18(36)13-20(12-17)39-15-23-26(34-41-28(23)16-6-7-16)21-4-2-3-5-24(21)40-30(31,32)33/h2-5,10-11,14,16-18,20H,6-9,12-13,15H2,1H3/t17-,18?,20?/m0/s1. The molecule has 1 aliphatic carbocycles. The molecule has 2 bridgehead atoms. The summed E-state index contributed by atoms with van der Waals surface area (Å²) in [6.07, 6.45) is 0.839. The van der Waals surface area contributed by atoms with E-state index in [0.717, 1.165) is 54.3 Å². The van der Waals surface area contributed by atoms with E-state index in [-0.39, 0.29) is 29.9 Å². The maximum atomic E-state index is 13.1. The van der Waals surface area contributed by atoms with Gasteiger partial charge in [-0.05, 0) is 80.4 Å². The van der Waals surface area contributed by atoms with Crippen LogP contribution in [0.15, 0.2) is 47.0 Å². The Morgan fingerprint density at radius 3 is 2.57 bits per heavy atom. The molecule has 2 unspecified atom stereocenters. The number of benzene rings is 2. The van der Waals surface area contributed by atoms with Crippen LogP contribution in [-0.2, 0) is 16.1 Å². The largest absolute Gasteiger partial charge is 0.573 e. The van der Waals surface area contributed by atoms with Crippen molar-refractivity contribution >= 4 is 33.3 Å². The van der Waals surface area contributed by atoms with E-state index in [2.05, 4.69) is 25.2 Å². The SMILES string of the molecule is COC(=O)c1nsc2cc(N3C4CC[C@H]3CC(OCc3c(-c5ccccc5OC(F)(F)F)noc3C3CC3)C4)ccc12. The minimum atomic E-state index is -4.82. The number of aromatic nitrogens is 2. The van der Waals surface area contributed by atoms with E-state index in [1.165, 1.54) is 30.8 Å². The van der Waals surface area contributed by atoms with Crippen molar-refractivity contribution in [2.24, 2.45) is 0 Å². The van der Waals surface area contributed by atoms with Crippen LogP contribution in [0.3, 0.4) is 0 Å². The van der Waals surface area contributed by atoms with Crippen molar-refractivity contribution in [1.29, 1.82) is 0 Å². The number of hydrogen-bond acceptors (Lipinski definition) is 9. The Labute approximate surface area is 243 Å². The van der Waals surface area contributed by atoms with Gasteiger partial charge in [-0.15, -0.1) is 13.2 Å². The molecule has 12 heteroatoms. The van der Waals surface area contributed by atoms with Gasteiger partial charge in [-0.3, -0.25) is 0 Å². The zero-order valence-corrected chi connectivity index (χ0v) is 23.5. The number of hydrogen-bond donors (Lipinski definition) is 0. The third-order valence-electron chi connectivity index (χ3n) is 8.42. The van der Waals surface area contributed by atoms with Crippen molar-refractivity contribution in [3.63, 3.8) is 0 Å². The number of ether oxygens (including phenoxy) is 3. The minimum absolute atomic E-state index is 0.00622. The predicted octanol–water partition coefficient (Wildman–Crippen LogP) is 7.23. The second-order valence-electron chi connectivity index (χ2n) is 11.1. The maximum Gasteiger partial charge on any atom is 0.573 e. The van der Waals surface area contributed by atoms with Crippen LogP contribution < -0.4 is 9.64 Å². The molecular weight excluding hydrogens is 571 g/mol. The highest BCUT2D eigenvalue weighted by Gasteiger charge is 2.42. The molecule has 3 atom stereocenters. The number of fused-ring (bicyclic) bond motifs is 3. The molecule has 7 rings (SSSR count). The first kappa shape index (κ1) is 27.2. The van der Waals surface area contributed by atoms with Gasteiger partial charge in [0.15, 0.2) is 5.69 Å². The molecule has 42 heavy (non-hydrogen) atoms. The van der Waals surface area contributed by atoms with Crippen LogP contribution in [0.2, 0.25) is 0 Å². The van der Waals surface area contributed by atoms with Gasteiger partial charge in [0.05, 0.1) is 24.5 Å². The number of nitrogens with zero attached hydrogens (tertiary/aromatic N) is 3. The van der Waals surface area contributed by atoms with E-state index in [1.54, 1.807) is 12.1 Å². The normalized spacial score (nSPS) is 22.1. The molecule has 2 aliphatic heterocycles. The summed E-state index contributed by atoms with van der Waals surface area (Å²) in [5.74, 6) is 0.144. The van der Waals surface area contributed by atoms with E-state index in [0.29, 0.717) is 34.8 Å². The summed E-state index contributed by atoms with van der Waals surface area (Å²) in [6.45, 7) is 0.207. The van der Waals surface area contributed by atoms with E-state index < -0.39 is 12.3 Å². The number of carbonyl (C=O) groups is 1. The molecule has 0 radical (unpaired) electrons. The van der Waals surface area contributed by atoms with Crippen LogP contribution in [0.5, 0.6) is 5.75 Å². The van der Waals surface area contributed by atoms with Crippen molar-refractivity contribution in [3.05, 3.63) is 59.5 Å². The first-order valence-electron chi connectivity index (χ1n) is 14.0. The second kappa shape index (κ2) is 10.6.